The van der Waals surface area contributed by atoms with Crippen LogP contribution in [0.2, 0.25) is 0 Å². The van der Waals surface area contributed by atoms with Gasteiger partial charge in [0.15, 0.2) is 0 Å². The number of carbonyl (C=O) groups excluding carboxylic acids is 1. The van der Waals surface area contributed by atoms with Gasteiger partial charge in [-0.1, -0.05) is 37.3 Å². The van der Waals surface area contributed by atoms with Crippen LogP contribution in [0.3, 0.4) is 0 Å². The lowest BCUT2D eigenvalue weighted by Gasteiger charge is -2.37. The zero-order valence-electron chi connectivity index (χ0n) is 20.3. The number of aromatic nitrogens is 2. The molecule has 2 heterocycles. The number of imidazole rings is 1. The van der Waals surface area contributed by atoms with Crippen LogP contribution in [-0.4, -0.2) is 59.6 Å². The highest BCUT2D eigenvalue weighted by molar-refractivity contribution is 5.93. The number of amides is 1. The van der Waals surface area contributed by atoms with Gasteiger partial charge in [0.05, 0.1) is 5.69 Å². The largest absolute Gasteiger partial charge is 0.369 e. The molecule has 33 heavy (non-hydrogen) atoms. The van der Waals surface area contributed by atoms with Crippen molar-refractivity contribution < 1.29 is 4.79 Å². The molecule has 0 saturated carbocycles. The Hall–Kier alpha value is -3.12. The maximum absolute atomic E-state index is 12.9. The lowest BCUT2D eigenvalue weighted by Crippen LogP contribution is -2.48. The molecule has 2 aromatic carbocycles. The van der Waals surface area contributed by atoms with Crippen LogP contribution in [0.25, 0.3) is 5.69 Å². The van der Waals surface area contributed by atoms with Gasteiger partial charge in [-0.15, -0.1) is 0 Å². The Kier molecular flexibility index (Phi) is 7.14. The molecule has 1 amide bonds. The monoisotopic (exact) mass is 445 g/mol. The van der Waals surface area contributed by atoms with Crippen molar-refractivity contribution in [2.24, 2.45) is 0 Å². The molecule has 0 unspecified atom stereocenters. The Morgan fingerprint density at radius 1 is 0.970 bits per heavy atom. The summed E-state index contributed by atoms with van der Waals surface area (Å²) in [4.78, 5) is 22.5. The standard InChI is InChI=1S/C27H35N5O/c1-5-25-29-26(22(4)32(25)23-11-7-6-8-12-23)27(33)28-14-15-30-16-18-31(19-17-30)24-13-9-10-20(2)21(24)3/h6-13H,5,14-19H2,1-4H3,(H,28,33). The van der Waals surface area contributed by atoms with Gasteiger partial charge in [-0.25, -0.2) is 4.98 Å². The second-order valence-corrected chi connectivity index (χ2v) is 8.79. The maximum Gasteiger partial charge on any atom is 0.271 e. The molecule has 0 aliphatic carbocycles. The summed E-state index contributed by atoms with van der Waals surface area (Å²) < 4.78 is 2.08. The molecule has 1 aliphatic rings. The van der Waals surface area contributed by atoms with Crippen LogP contribution in [0.15, 0.2) is 48.5 Å². The first kappa shape index (κ1) is 23.1. The number of para-hydroxylation sites is 1. The van der Waals surface area contributed by atoms with E-state index in [1.807, 2.05) is 37.3 Å². The second-order valence-electron chi connectivity index (χ2n) is 8.79. The molecule has 0 bridgehead atoms. The SMILES string of the molecule is CCc1nc(C(=O)NCCN2CCN(c3cccc(C)c3C)CC2)c(C)n1-c1ccccc1. The Balaban J connectivity index is 1.32. The third-order valence-electron chi connectivity index (χ3n) is 6.73. The quantitative estimate of drug-likeness (QED) is 0.599. The summed E-state index contributed by atoms with van der Waals surface area (Å²) in [6.07, 6.45) is 0.772. The molecular weight excluding hydrogens is 410 g/mol. The van der Waals surface area contributed by atoms with E-state index >= 15 is 0 Å². The molecule has 0 radical (unpaired) electrons. The first-order valence-electron chi connectivity index (χ1n) is 11.9. The second kappa shape index (κ2) is 10.2. The fourth-order valence-electron chi connectivity index (χ4n) is 4.63. The van der Waals surface area contributed by atoms with Crippen molar-refractivity contribution >= 4 is 11.6 Å². The number of hydrogen-bond donors (Lipinski definition) is 1. The van der Waals surface area contributed by atoms with Crippen LogP contribution in [0.1, 0.15) is 40.1 Å². The Morgan fingerprint density at radius 3 is 2.39 bits per heavy atom. The highest BCUT2D eigenvalue weighted by Crippen LogP contribution is 2.24. The number of carbonyl (C=O) groups is 1. The minimum absolute atomic E-state index is 0.0918. The van der Waals surface area contributed by atoms with Gasteiger partial charge in [0, 0.05) is 57.1 Å². The van der Waals surface area contributed by atoms with Crippen molar-refractivity contribution in [1.82, 2.24) is 19.8 Å². The van der Waals surface area contributed by atoms with E-state index in [2.05, 4.69) is 63.6 Å². The van der Waals surface area contributed by atoms with Crippen molar-refractivity contribution in [3.8, 4) is 5.69 Å². The number of rotatable bonds is 7. The lowest BCUT2D eigenvalue weighted by molar-refractivity contribution is 0.0942. The predicted octanol–water partition coefficient (Wildman–Crippen LogP) is 3.91. The highest BCUT2D eigenvalue weighted by atomic mass is 16.1. The van der Waals surface area contributed by atoms with Crippen LogP contribution in [0.4, 0.5) is 5.69 Å². The molecule has 1 aliphatic heterocycles. The molecule has 0 atom stereocenters. The highest BCUT2D eigenvalue weighted by Gasteiger charge is 2.21. The predicted molar refractivity (Wildman–Crippen MR) is 135 cm³/mol. The zero-order valence-corrected chi connectivity index (χ0v) is 20.3. The van der Waals surface area contributed by atoms with Crippen LogP contribution in [0.5, 0.6) is 0 Å². The van der Waals surface area contributed by atoms with Crippen LogP contribution in [-0.2, 0) is 6.42 Å². The van der Waals surface area contributed by atoms with E-state index < -0.39 is 0 Å². The molecule has 1 saturated heterocycles. The van der Waals surface area contributed by atoms with Crippen LogP contribution in [0, 0.1) is 20.8 Å². The number of piperazine rings is 1. The first-order valence-corrected chi connectivity index (χ1v) is 11.9. The van der Waals surface area contributed by atoms with E-state index in [0.29, 0.717) is 12.2 Å². The molecule has 6 heteroatoms. The van der Waals surface area contributed by atoms with Crippen molar-refractivity contribution in [2.75, 3.05) is 44.2 Å². The minimum Gasteiger partial charge on any atom is -0.369 e. The van der Waals surface area contributed by atoms with Gasteiger partial charge in [-0.2, -0.15) is 0 Å². The molecule has 174 valence electrons. The molecule has 4 rings (SSSR count). The summed E-state index contributed by atoms with van der Waals surface area (Å²) in [5.74, 6) is 0.817. The number of aryl methyl sites for hydroxylation is 2. The van der Waals surface area contributed by atoms with Gasteiger partial charge in [-0.05, 0) is 50.1 Å². The summed E-state index contributed by atoms with van der Waals surface area (Å²) in [6.45, 7) is 13.9. The van der Waals surface area contributed by atoms with Gasteiger partial charge in [0.2, 0.25) is 0 Å². The zero-order chi connectivity index (χ0) is 23.4. The fourth-order valence-corrected chi connectivity index (χ4v) is 4.63. The van der Waals surface area contributed by atoms with Crippen molar-refractivity contribution in [2.45, 2.75) is 34.1 Å². The third kappa shape index (κ3) is 4.96. The molecule has 6 nitrogen and oxygen atoms in total. The number of benzene rings is 2. The van der Waals surface area contributed by atoms with Gasteiger partial charge >= 0.3 is 0 Å². The van der Waals surface area contributed by atoms with Crippen LogP contribution < -0.4 is 10.2 Å². The van der Waals surface area contributed by atoms with Crippen LogP contribution >= 0.6 is 0 Å². The van der Waals surface area contributed by atoms with Crippen molar-refractivity contribution in [3.63, 3.8) is 0 Å². The first-order chi connectivity index (χ1) is 16.0. The minimum atomic E-state index is -0.0918. The van der Waals surface area contributed by atoms with E-state index in [-0.39, 0.29) is 5.91 Å². The Labute approximate surface area is 197 Å². The normalized spacial score (nSPS) is 14.5. The van der Waals surface area contributed by atoms with Gasteiger partial charge in [0.1, 0.15) is 11.5 Å². The summed E-state index contributed by atoms with van der Waals surface area (Å²) >= 11 is 0. The molecular formula is C27H35N5O. The number of nitrogens with one attached hydrogen (secondary N) is 1. The summed E-state index contributed by atoms with van der Waals surface area (Å²) in [7, 11) is 0. The summed E-state index contributed by atoms with van der Waals surface area (Å²) in [5, 5.41) is 3.09. The average Bonchev–Trinajstić information content (AvgIpc) is 3.18. The maximum atomic E-state index is 12.9. The molecule has 1 aromatic heterocycles. The van der Waals surface area contributed by atoms with E-state index in [1.54, 1.807) is 0 Å². The number of nitrogens with zero attached hydrogens (tertiary/aromatic N) is 4. The Morgan fingerprint density at radius 2 is 1.70 bits per heavy atom. The van der Waals surface area contributed by atoms with E-state index in [4.69, 9.17) is 0 Å². The van der Waals surface area contributed by atoms with E-state index in [1.165, 1.54) is 16.8 Å². The van der Waals surface area contributed by atoms with Gasteiger partial charge < -0.3 is 14.8 Å². The molecule has 3 aromatic rings. The van der Waals surface area contributed by atoms with Crippen molar-refractivity contribution in [1.29, 1.82) is 0 Å². The number of hydrogen-bond acceptors (Lipinski definition) is 4. The third-order valence-corrected chi connectivity index (χ3v) is 6.73. The molecule has 0 spiro atoms. The smallest absolute Gasteiger partial charge is 0.271 e. The fraction of sp³-hybridized carbons (Fsp3) is 0.407. The Bertz CT molecular complexity index is 1100. The van der Waals surface area contributed by atoms with E-state index in [0.717, 1.165) is 56.4 Å². The summed E-state index contributed by atoms with van der Waals surface area (Å²) in [5.41, 5.74) is 6.51. The molecule has 1 fully saturated rings. The van der Waals surface area contributed by atoms with Gasteiger partial charge in [-0.3, -0.25) is 9.69 Å². The average molecular weight is 446 g/mol. The lowest BCUT2D eigenvalue weighted by atomic mass is 10.1. The summed E-state index contributed by atoms with van der Waals surface area (Å²) in [6, 6.07) is 16.6. The number of anilines is 1. The topological polar surface area (TPSA) is 53.4 Å². The van der Waals surface area contributed by atoms with Gasteiger partial charge in [0.25, 0.3) is 5.91 Å². The van der Waals surface area contributed by atoms with E-state index in [9.17, 15) is 4.79 Å². The molecule has 1 N–H and O–H groups in total. The van der Waals surface area contributed by atoms with Crippen molar-refractivity contribution in [3.05, 3.63) is 76.9 Å².